The van der Waals surface area contributed by atoms with E-state index in [0.29, 0.717) is 6.61 Å². The monoisotopic (exact) mass is 278 g/mol. The predicted octanol–water partition coefficient (Wildman–Crippen LogP) is 2.90. The van der Waals surface area contributed by atoms with E-state index in [1.807, 2.05) is 44.2 Å². The normalized spacial score (nSPS) is 17.4. The van der Waals surface area contributed by atoms with Gasteiger partial charge in [0.1, 0.15) is 6.10 Å². The quantitative estimate of drug-likeness (QED) is 0.456. The van der Waals surface area contributed by atoms with Crippen LogP contribution in [-0.2, 0) is 19.0 Å². The molecule has 0 aliphatic carbocycles. The van der Waals surface area contributed by atoms with Crippen molar-refractivity contribution >= 4 is 5.97 Å². The van der Waals surface area contributed by atoms with E-state index in [1.165, 1.54) is 0 Å². The van der Waals surface area contributed by atoms with E-state index in [0.717, 1.165) is 24.9 Å². The van der Waals surface area contributed by atoms with E-state index in [1.54, 1.807) is 0 Å². The molecular formula is C16H22O4. The second-order valence-corrected chi connectivity index (χ2v) is 4.13. The summed E-state index contributed by atoms with van der Waals surface area (Å²) in [5.74, 6) is -0.417. The summed E-state index contributed by atoms with van der Waals surface area (Å²) in [4.78, 5) is 11.1. The Morgan fingerprint density at radius 2 is 2.00 bits per heavy atom. The highest BCUT2D eigenvalue weighted by Crippen LogP contribution is 2.30. The topological polar surface area (TPSA) is 48.1 Å². The predicted molar refractivity (Wildman–Crippen MR) is 77.4 cm³/mol. The summed E-state index contributed by atoms with van der Waals surface area (Å²) in [6.07, 6.45) is 0.853. The van der Waals surface area contributed by atoms with E-state index >= 15 is 0 Å². The summed E-state index contributed by atoms with van der Waals surface area (Å²) in [6.45, 7) is 9.68. The third kappa shape index (κ3) is 5.99. The van der Waals surface area contributed by atoms with Gasteiger partial charge in [-0.3, -0.25) is 0 Å². The first-order valence-electron chi connectivity index (χ1n) is 6.80. The number of hydrogen-bond donors (Lipinski definition) is 0. The maximum absolute atomic E-state index is 11.1. The minimum absolute atomic E-state index is 0.00343. The maximum Gasteiger partial charge on any atom is 0.330 e. The van der Waals surface area contributed by atoms with Gasteiger partial charge in [0.25, 0.3) is 0 Å². The third-order valence-corrected chi connectivity index (χ3v) is 2.64. The third-order valence-electron chi connectivity index (χ3n) is 2.64. The summed E-state index contributed by atoms with van der Waals surface area (Å²) in [5, 5.41) is 0. The zero-order valence-electron chi connectivity index (χ0n) is 12.1. The Hall–Kier alpha value is -1.65. The van der Waals surface area contributed by atoms with Gasteiger partial charge < -0.3 is 14.2 Å². The number of esters is 1. The molecule has 20 heavy (non-hydrogen) atoms. The van der Waals surface area contributed by atoms with Gasteiger partial charge in [0.15, 0.2) is 6.10 Å². The van der Waals surface area contributed by atoms with Crippen molar-refractivity contribution in [3.63, 3.8) is 0 Å². The summed E-state index contributed by atoms with van der Waals surface area (Å²) < 4.78 is 15.2. The van der Waals surface area contributed by atoms with E-state index in [-0.39, 0.29) is 12.2 Å². The van der Waals surface area contributed by atoms with Crippen molar-refractivity contribution in [1.29, 1.82) is 0 Å². The lowest BCUT2D eigenvalue weighted by Gasteiger charge is -2.14. The Morgan fingerprint density at radius 3 is 2.40 bits per heavy atom. The van der Waals surface area contributed by atoms with E-state index in [4.69, 9.17) is 14.2 Å². The molecule has 0 amide bonds. The van der Waals surface area contributed by atoms with Gasteiger partial charge in [-0.1, -0.05) is 36.9 Å². The van der Waals surface area contributed by atoms with Crippen LogP contribution in [0.4, 0.5) is 0 Å². The van der Waals surface area contributed by atoms with Crippen molar-refractivity contribution in [2.45, 2.75) is 26.1 Å². The number of benzene rings is 1. The first kappa shape index (κ1) is 16.4. The molecule has 1 saturated heterocycles. The van der Waals surface area contributed by atoms with Gasteiger partial charge in [0.05, 0.1) is 6.61 Å². The smallest absolute Gasteiger partial charge is 0.330 e. The van der Waals surface area contributed by atoms with Crippen molar-refractivity contribution in [3.05, 3.63) is 48.6 Å². The molecule has 0 N–H and O–H groups in total. The van der Waals surface area contributed by atoms with Crippen molar-refractivity contribution < 1.29 is 19.0 Å². The molecule has 1 fully saturated rings. The number of hydrogen-bond acceptors (Lipinski definition) is 4. The fourth-order valence-corrected chi connectivity index (χ4v) is 1.61. The fraction of sp³-hybridized carbons (Fsp3) is 0.438. The number of rotatable bonds is 6. The van der Waals surface area contributed by atoms with Gasteiger partial charge in [-0.25, -0.2) is 4.79 Å². The molecule has 1 aliphatic rings. The summed E-state index contributed by atoms with van der Waals surface area (Å²) in [7, 11) is 0. The van der Waals surface area contributed by atoms with Gasteiger partial charge in [-0.2, -0.15) is 0 Å². The Labute approximate surface area is 120 Å². The molecule has 2 atom stereocenters. The van der Waals surface area contributed by atoms with Gasteiger partial charge in [-0.05, 0) is 19.4 Å². The Bertz CT molecular complexity index is 396. The second kappa shape index (κ2) is 9.28. The standard InChI is InChI=1S/C12H12O3.C4H10O/c1-2-11(13)15-12(10-8-14-10)9-6-4-3-5-7-9;1-3-5-4-2/h2-7,10,12H,1,8H2;3-4H2,1-2H3. The van der Waals surface area contributed by atoms with Crippen LogP contribution in [0.5, 0.6) is 0 Å². The Balaban J connectivity index is 0.000000347. The summed E-state index contributed by atoms with van der Waals surface area (Å²) >= 11 is 0. The maximum atomic E-state index is 11.1. The molecule has 0 spiro atoms. The number of carbonyl (C=O) groups excluding carboxylic acids is 1. The Kier molecular flexibility index (Phi) is 7.62. The van der Waals surface area contributed by atoms with Crippen LogP contribution < -0.4 is 0 Å². The van der Waals surface area contributed by atoms with Gasteiger partial charge in [0.2, 0.25) is 0 Å². The molecule has 2 rings (SSSR count). The highest BCUT2D eigenvalue weighted by atomic mass is 16.6. The van der Waals surface area contributed by atoms with Gasteiger partial charge in [-0.15, -0.1) is 0 Å². The highest BCUT2D eigenvalue weighted by molar-refractivity contribution is 5.81. The average molecular weight is 278 g/mol. The zero-order valence-corrected chi connectivity index (χ0v) is 12.1. The molecule has 0 saturated carbocycles. The highest BCUT2D eigenvalue weighted by Gasteiger charge is 2.36. The molecule has 1 aromatic carbocycles. The lowest BCUT2D eigenvalue weighted by Crippen LogP contribution is -2.14. The molecule has 4 heteroatoms. The molecule has 0 bridgehead atoms. The van der Waals surface area contributed by atoms with Crippen LogP contribution in [0, 0.1) is 0 Å². The van der Waals surface area contributed by atoms with Crippen LogP contribution in [0.1, 0.15) is 25.5 Å². The zero-order chi connectivity index (χ0) is 14.8. The minimum atomic E-state index is -0.417. The van der Waals surface area contributed by atoms with Crippen LogP contribution in [0.15, 0.2) is 43.0 Å². The number of epoxide rings is 1. The van der Waals surface area contributed by atoms with Crippen LogP contribution in [0.25, 0.3) is 0 Å². The van der Waals surface area contributed by atoms with Gasteiger partial charge in [0, 0.05) is 19.3 Å². The molecule has 4 nitrogen and oxygen atoms in total. The molecular weight excluding hydrogens is 256 g/mol. The summed E-state index contributed by atoms with van der Waals surface area (Å²) in [6, 6.07) is 9.58. The molecule has 1 heterocycles. The van der Waals surface area contributed by atoms with Gasteiger partial charge >= 0.3 is 5.97 Å². The number of ether oxygens (including phenoxy) is 3. The van der Waals surface area contributed by atoms with E-state index in [9.17, 15) is 4.79 Å². The van der Waals surface area contributed by atoms with Crippen LogP contribution in [0.2, 0.25) is 0 Å². The van der Waals surface area contributed by atoms with Crippen molar-refractivity contribution in [1.82, 2.24) is 0 Å². The van der Waals surface area contributed by atoms with E-state index in [2.05, 4.69) is 6.58 Å². The molecule has 2 unspecified atom stereocenters. The van der Waals surface area contributed by atoms with Crippen molar-refractivity contribution in [2.75, 3.05) is 19.8 Å². The lowest BCUT2D eigenvalue weighted by molar-refractivity contribution is -0.144. The number of carbonyl (C=O) groups is 1. The first-order chi connectivity index (χ1) is 9.72. The lowest BCUT2D eigenvalue weighted by atomic mass is 10.1. The molecule has 0 radical (unpaired) electrons. The van der Waals surface area contributed by atoms with Crippen molar-refractivity contribution in [3.8, 4) is 0 Å². The van der Waals surface area contributed by atoms with E-state index < -0.39 is 5.97 Å². The molecule has 110 valence electrons. The second-order valence-electron chi connectivity index (χ2n) is 4.13. The largest absolute Gasteiger partial charge is 0.451 e. The first-order valence-corrected chi connectivity index (χ1v) is 6.80. The van der Waals surface area contributed by atoms with Crippen LogP contribution >= 0.6 is 0 Å². The minimum Gasteiger partial charge on any atom is -0.451 e. The molecule has 1 aromatic rings. The molecule has 1 aliphatic heterocycles. The van der Waals surface area contributed by atoms with Crippen molar-refractivity contribution in [2.24, 2.45) is 0 Å². The molecule has 0 aromatic heterocycles. The van der Waals surface area contributed by atoms with Crippen LogP contribution in [-0.4, -0.2) is 31.9 Å². The average Bonchev–Trinajstić information content (AvgIpc) is 3.31. The fourth-order valence-electron chi connectivity index (χ4n) is 1.61. The van der Waals surface area contributed by atoms with Crippen LogP contribution in [0.3, 0.4) is 0 Å². The Morgan fingerprint density at radius 1 is 1.40 bits per heavy atom. The summed E-state index contributed by atoms with van der Waals surface area (Å²) in [5.41, 5.74) is 0.954. The SMILES string of the molecule is C=CC(=O)OC(c1ccccc1)C1CO1.CCOCC.